The van der Waals surface area contributed by atoms with Crippen molar-refractivity contribution in [1.29, 1.82) is 0 Å². The molecule has 0 saturated heterocycles. The van der Waals surface area contributed by atoms with E-state index in [1.54, 1.807) is 16.2 Å². The molecule has 1 aromatic carbocycles. The van der Waals surface area contributed by atoms with Crippen LogP contribution < -0.4 is 5.56 Å². The summed E-state index contributed by atoms with van der Waals surface area (Å²) < 4.78 is 3.59. The summed E-state index contributed by atoms with van der Waals surface area (Å²) in [5, 5.41) is 5.48. The summed E-state index contributed by atoms with van der Waals surface area (Å²) in [4.78, 5) is 18.7. The normalized spacial score (nSPS) is 15.1. The third-order valence-corrected chi connectivity index (χ3v) is 6.46. The maximum atomic E-state index is 13.7. The minimum atomic E-state index is -0.261. The van der Waals surface area contributed by atoms with Crippen LogP contribution >= 0.6 is 11.8 Å². The molecule has 0 unspecified atom stereocenters. The standard InChI is InChI=1S/C22H28N4OS/c1-6-25-20-23-18-16-10-8-7-9-15(16)13-22(4,5)17(18)19(27)26(20)21(24-25)28-12-11-14(2)3/h7-10,14H,6,11-13H2,1-5H3. The molecule has 148 valence electrons. The highest BCUT2D eigenvalue weighted by molar-refractivity contribution is 7.99. The largest absolute Gasteiger partial charge is 0.268 e. The maximum absolute atomic E-state index is 13.7. The minimum Gasteiger partial charge on any atom is -0.268 e. The molecule has 0 radical (unpaired) electrons. The lowest BCUT2D eigenvalue weighted by Crippen LogP contribution is -2.36. The fraction of sp³-hybridized carbons (Fsp3) is 0.500. The molecule has 0 amide bonds. The van der Waals surface area contributed by atoms with Crippen molar-refractivity contribution in [2.45, 2.75) is 64.6 Å². The Morgan fingerprint density at radius 1 is 1.25 bits per heavy atom. The Morgan fingerprint density at radius 2 is 2.00 bits per heavy atom. The summed E-state index contributed by atoms with van der Waals surface area (Å²) in [6, 6.07) is 8.31. The Hall–Kier alpha value is -2.08. The van der Waals surface area contributed by atoms with Crippen LogP contribution in [-0.4, -0.2) is 24.9 Å². The Labute approximate surface area is 170 Å². The van der Waals surface area contributed by atoms with Gasteiger partial charge in [-0.2, -0.15) is 0 Å². The highest BCUT2D eigenvalue weighted by Gasteiger charge is 2.36. The number of rotatable bonds is 5. The molecule has 0 spiro atoms. The zero-order valence-electron chi connectivity index (χ0n) is 17.3. The lowest BCUT2D eigenvalue weighted by molar-refractivity contribution is 0.505. The van der Waals surface area contributed by atoms with Crippen molar-refractivity contribution in [3.8, 4) is 11.3 Å². The SMILES string of the molecule is CCn1nc(SCCC(C)C)n2c(=O)c3c(nc12)-c1ccccc1CC3(C)C. The first-order valence-electron chi connectivity index (χ1n) is 10.1. The van der Waals surface area contributed by atoms with E-state index in [1.807, 2.05) is 17.7 Å². The molecule has 0 atom stereocenters. The molecule has 6 heteroatoms. The summed E-state index contributed by atoms with van der Waals surface area (Å²) in [7, 11) is 0. The fourth-order valence-corrected chi connectivity index (χ4v) is 5.24. The number of fused-ring (bicyclic) bond motifs is 4. The molecule has 3 aromatic rings. The van der Waals surface area contributed by atoms with Crippen molar-refractivity contribution in [3.63, 3.8) is 0 Å². The third kappa shape index (κ3) is 3.08. The zero-order valence-corrected chi connectivity index (χ0v) is 18.1. The van der Waals surface area contributed by atoms with Gasteiger partial charge in [0.05, 0.1) is 11.3 Å². The second-order valence-corrected chi connectivity index (χ2v) is 9.69. The van der Waals surface area contributed by atoms with Gasteiger partial charge in [-0.25, -0.2) is 14.1 Å². The number of thioether (sulfide) groups is 1. The quantitative estimate of drug-likeness (QED) is 0.594. The zero-order chi connectivity index (χ0) is 20.1. The summed E-state index contributed by atoms with van der Waals surface area (Å²) in [5.74, 6) is 2.22. The van der Waals surface area contributed by atoms with E-state index < -0.39 is 0 Å². The van der Waals surface area contributed by atoms with Crippen molar-refractivity contribution in [2.24, 2.45) is 5.92 Å². The predicted octanol–water partition coefficient (Wildman–Crippen LogP) is 4.55. The number of hydrogen-bond donors (Lipinski definition) is 0. The van der Waals surface area contributed by atoms with Crippen molar-refractivity contribution < 1.29 is 0 Å². The van der Waals surface area contributed by atoms with Crippen LogP contribution in [0.3, 0.4) is 0 Å². The lowest BCUT2D eigenvalue weighted by atomic mass is 9.72. The molecule has 0 saturated carbocycles. The van der Waals surface area contributed by atoms with Crippen LogP contribution in [0.1, 0.15) is 52.2 Å². The van der Waals surface area contributed by atoms with E-state index in [0.717, 1.165) is 40.6 Å². The Bertz CT molecular complexity index is 1090. The number of aryl methyl sites for hydroxylation is 1. The van der Waals surface area contributed by atoms with Gasteiger partial charge < -0.3 is 0 Å². The first-order valence-corrected chi connectivity index (χ1v) is 11.1. The predicted molar refractivity (Wildman–Crippen MR) is 115 cm³/mol. The van der Waals surface area contributed by atoms with Gasteiger partial charge in [-0.1, -0.05) is 63.7 Å². The molecule has 0 N–H and O–H groups in total. The van der Waals surface area contributed by atoms with Gasteiger partial charge in [0.1, 0.15) is 0 Å². The highest BCUT2D eigenvalue weighted by atomic mass is 32.2. The van der Waals surface area contributed by atoms with Gasteiger partial charge >= 0.3 is 0 Å². The van der Waals surface area contributed by atoms with Gasteiger partial charge in [0, 0.05) is 23.3 Å². The maximum Gasteiger partial charge on any atom is 0.265 e. The van der Waals surface area contributed by atoms with Gasteiger partial charge in [-0.3, -0.25) is 4.79 Å². The van der Waals surface area contributed by atoms with E-state index in [2.05, 4.69) is 45.9 Å². The summed E-state index contributed by atoms with van der Waals surface area (Å²) in [6.07, 6.45) is 1.94. The summed E-state index contributed by atoms with van der Waals surface area (Å²) >= 11 is 1.66. The van der Waals surface area contributed by atoms with Crippen molar-refractivity contribution in [2.75, 3.05) is 5.75 Å². The molecule has 0 fully saturated rings. The molecular formula is C22H28N4OS. The molecule has 1 aliphatic rings. The van der Waals surface area contributed by atoms with Gasteiger partial charge in [-0.15, -0.1) is 5.10 Å². The van der Waals surface area contributed by atoms with Crippen LogP contribution in [0.2, 0.25) is 0 Å². The Morgan fingerprint density at radius 3 is 2.71 bits per heavy atom. The fourth-order valence-electron chi connectivity index (χ4n) is 4.01. The van der Waals surface area contributed by atoms with Crippen molar-refractivity contribution in [1.82, 2.24) is 19.2 Å². The number of nitrogens with zero attached hydrogens (tertiary/aromatic N) is 4. The second kappa shape index (κ2) is 7.07. The molecule has 4 rings (SSSR count). The lowest BCUT2D eigenvalue weighted by Gasteiger charge is -2.32. The topological polar surface area (TPSA) is 52.2 Å². The van der Waals surface area contributed by atoms with Crippen LogP contribution in [0.15, 0.2) is 34.2 Å². The van der Waals surface area contributed by atoms with Crippen molar-refractivity contribution in [3.05, 3.63) is 45.7 Å². The molecule has 28 heavy (non-hydrogen) atoms. The Balaban J connectivity index is 1.96. The molecule has 1 aliphatic carbocycles. The van der Waals surface area contributed by atoms with Gasteiger partial charge in [0.2, 0.25) is 5.78 Å². The van der Waals surface area contributed by atoms with Crippen LogP contribution in [0.5, 0.6) is 0 Å². The minimum absolute atomic E-state index is 0.0336. The Kier molecular flexibility index (Phi) is 4.86. The first-order chi connectivity index (χ1) is 13.3. The second-order valence-electron chi connectivity index (χ2n) is 8.62. The number of benzene rings is 1. The monoisotopic (exact) mass is 396 g/mol. The summed E-state index contributed by atoms with van der Waals surface area (Å²) in [6.45, 7) is 11.4. The number of aromatic nitrogens is 4. The average molecular weight is 397 g/mol. The third-order valence-electron chi connectivity index (χ3n) is 5.50. The smallest absolute Gasteiger partial charge is 0.265 e. The van der Waals surface area contributed by atoms with E-state index in [4.69, 9.17) is 10.1 Å². The van der Waals surface area contributed by atoms with Crippen LogP contribution in [0.4, 0.5) is 0 Å². The van der Waals surface area contributed by atoms with Gasteiger partial charge in [0.25, 0.3) is 5.56 Å². The van der Waals surface area contributed by atoms with Crippen LogP contribution in [0, 0.1) is 5.92 Å². The van der Waals surface area contributed by atoms with Crippen molar-refractivity contribution >= 4 is 17.5 Å². The van der Waals surface area contributed by atoms with Crippen LogP contribution in [0.25, 0.3) is 17.0 Å². The highest BCUT2D eigenvalue weighted by Crippen LogP contribution is 2.40. The van der Waals surface area contributed by atoms with E-state index in [9.17, 15) is 4.79 Å². The van der Waals surface area contributed by atoms with E-state index in [1.165, 1.54) is 5.56 Å². The van der Waals surface area contributed by atoms with Gasteiger partial charge in [0.15, 0.2) is 5.16 Å². The van der Waals surface area contributed by atoms with Gasteiger partial charge in [-0.05, 0) is 31.2 Å². The molecule has 5 nitrogen and oxygen atoms in total. The molecule has 0 aliphatic heterocycles. The van der Waals surface area contributed by atoms with E-state index >= 15 is 0 Å². The van der Waals surface area contributed by atoms with E-state index in [-0.39, 0.29) is 11.0 Å². The molecule has 2 heterocycles. The molecule has 2 aromatic heterocycles. The van der Waals surface area contributed by atoms with Crippen LogP contribution in [-0.2, 0) is 18.4 Å². The molecule has 0 bridgehead atoms. The average Bonchev–Trinajstić information content (AvgIpc) is 2.99. The number of hydrogen-bond acceptors (Lipinski definition) is 4. The summed E-state index contributed by atoms with van der Waals surface area (Å²) in [5.41, 5.74) is 3.74. The first kappa shape index (κ1) is 19.2. The van der Waals surface area contributed by atoms with E-state index in [0.29, 0.717) is 18.2 Å². The molecular weight excluding hydrogens is 368 g/mol.